The molecule has 0 atom stereocenters. The topological polar surface area (TPSA) is 69.1 Å². The maximum atomic E-state index is 6.18. The number of nitrogens with zero attached hydrogens (tertiary/aromatic N) is 4. The summed E-state index contributed by atoms with van der Waals surface area (Å²) in [6, 6.07) is 10.0. The van der Waals surface area contributed by atoms with Crippen LogP contribution in [0.4, 0.5) is 0 Å². The fourth-order valence-electron chi connectivity index (χ4n) is 2.88. The summed E-state index contributed by atoms with van der Waals surface area (Å²) in [5.74, 6) is 1.58. The van der Waals surface area contributed by atoms with Crippen LogP contribution in [-0.4, -0.2) is 20.5 Å². The Bertz CT molecular complexity index is 940. The molecule has 0 unspecified atom stereocenters. The number of thiophene rings is 1. The van der Waals surface area contributed by atoms with E-state index in [0.29, 0.717) is 18.1 Å². The zero-order valence-electron chi connectivity index (χ0n) is 13.2. The van der Waals surface area contributed by atoms with E-state index in [0.717, 1.165) is 39.9 Å². The van der Waals surface area contributed by atoms with Crippen LogP contribution >= 0.6 is 22.9 Å². The van der Waals surface area contributed by atoms with Crippen molar-refractivity contribution in [3.05, 3.63) is 63.0 Å². The van der Waals surface area contributed by atoms with Gasteiger partial charge in [0.15, 0.2) is 11.6 Å². The summed E-state index contributed by atoms with van der Waals surface area (Å²) in [5, 5.41) is 10.3. The van der Waals surface area contributed by atoms with Crippen LogP contribution in [0.15, 0.2) is 35.3 Å². The third-order valence-corrected chi connectivity index (χ3v) is 5.53. The van der Waals surface area contributed by atoms with E-state index in [1.54, 1.807) is 11.3 Å². The average molecular weight is 358 g/mol. The summed E-state index contributed by atoms with van der Waals surface area (Å²) < 4.78 is 2.06. The summed E-state index contributed by atoms with van der Waals surface area (Å²) in [7, 11) is 0. The molecule has 1 aliphatic heterocycles. The van der Waals surface area contributed by atoms with Gasteiger partial charge in [0.2, 0.25) is 0 Å². The van der Waals surface area contributed by atoms with Gasteiger partial charge >= 0.3 is 0 Å². The molecular weight excluding hydrogens is 342 g/mol. The first kappa shape index (κ1) is 15.5. The molecule has 7 heteroatoms. The average Bonchev–Trinajstić information content (AvgIpc) is 3.15. The maximum absolute atomic E-state index is 6.18. The molecule has 0 fully saturated rings. The Labute approximate surface area is 148 Å². The molecule has 0 amide bonds. The second kappa shape index (κ2) is 6.12. The SMILES string of the molecule is CCc1cc2c(s1)-n1c(CN)nnc1CN=C2c1cccc(Cl)c1. The normalized spacial score (nSPS) is 13.2. The fourth-order valence-corrected chi connectivity index (χ4v) is 4.21. The van der Waals surface area contributed by atoms with Gasteiger partial charge in [-0.25, -0.2) is 0 Å². The number of nitrogens with two attached hydrogens (primary N) is 1. The lowest BCUT2D eigenvalue weighted by Crippen LogP contribution is -2.09. The molecular formula is C17H16ClN5S. The van der Waals surface area contributed by atoms with Gasteiger partial charge in [-0.15, -0.1) is 21.5 Å². The van der Waals surface area contributed by atoms with Gasteiger partial charge in [-0.05, 0) is 24.6 Å². The van der Waals surface area contributed by atoms with E-state index >= 15 is 0 Å². The van der Waals surface area contributed by atoms with Gasteiger partial charge in [-0.2, -0.15) is 0 Å². The number of fused-ring (bicyclic) bond motifs is 3. The van der Waals surface area contributed by atoms with Gasteiger partial charge in [0.25, 0.3) is 0 Å². The molecule has 24 heavy (non-hydrogen) atoms. The molecule has 3 heterocycles. The number of halogens is 1. The van der Waals surface area contributed by atoms with E-state index in [2.05, 4.69) is 27.8 Å². The number of benzene rings is 1. The molecule has 1 aliphatic rings. The quantitative estimate of drug-likeness (QED) is 0.781. The highest BCUT2D eigenvalue weighted by Gasteiger charge is 2.24. The van der Waals surface area contributed by atoms with E-state index in [1.165, 1.54) is 4.88 Å². The molecule has 0 spiro atoms. The van der Waals surface area contributed by atoms with Gasteiger partial charge in [0.05, 0.1) is 12.3 Å². The second-order valence-electron chi connectivity index (χ2n) is 5.53. The second-order valence-corrected chi connectivity index (χ2v) is 7.08. The lowest BCUT2D eigenvalue weighted by atomic mass is 10.0. The van der Waals surface area contributed by atoms with E-state index < -0.39 is 0 Å². The lowest BCUT2D eigenvalue weighted by Gasteiger charge is -2.08. The molecule has 5 nitrogen and oxygen atoms in total. The molecule has 3 aromatic rings. The highest BCUT2D eigenvalue weighted by atomic mass is 35.5. The molecule has 122 valence electrons. The number of hydrogen-bond donors (Lipinski definition) is 1. The third-order valence-electron chi connectivity index (χ3n) is 4.03. The molecule has 0 radical (unpaired) electrons. The number of hydrogen-bond acceptors (Lipinski definition) is 5. The van der Waals surface area contributed by atoms with Crippen LogP contribution in [0.25, 0.3) is 5.00 Å². The predicted molar refractivity (Wildman–Crippen MR) is 97.3 cm³/mol. The van der Waals surface area contributed by atoms with Crippen LogP contribution < -0.4 is 5.73 Å². The van der Waals surface area contributed by atoms with Gasteiger partial charge in [-0.3, -0.25) is 9.56 Å². The Morgan fingerprint density at radius 3 is 2.92 bits per heavy atom. The summed E-state index contributed by atoms with van der Waals surface area (Å²) in [4.78, 5) is 6.10. The van der Waals surface area contributed by atoms with E-state index in [-0.39, 0.29) is 0 Å². The van der Waals surface area contributed by atoms with Crippen molar-refractivity contribution in [1.82, 2.24) is 14.8 Å². The van der Waals surface area contributed by atoms with Crippen LogP contribution in [-0.2, 0) is 19.5 Å². The van der Waals surface area contributed by atoms with Gasteiger partial charge in [0.1, 0.15) is 11.5 Å². The Morgan fingerprint density at radius 2 is 2.17 bits per heavy atom. The first-order chi connectivity index (χ1) is 11.7. The molecule has 4 rings (SSSR count). The monoisotopic (exact) mass is 357 g/mol. The van der Waals surface area contributed by atoms with Crippen molar-refractivity contribution in [2.75, 3.05) is 0 Å². The Balaban J connectivity index is 1.96. The van der Waals surface area contributed by atoms with Crippen LogP contribution in [0.2, 0.25) is 5.02 Å². The van der Waals surface area contributed by atoms with E-state index in [1.807, 2.05) is 24.3 Å². The summed E-state index contributed by atoms with van der Waals surface area (Å²) in [5.41, 5.74) is 8.90. The summed E-state index contributed by atoms with van der Waals surface area (Å²) >= 11 is 7.93. The van der Waals surface area contributed by atoms with Crippen LogP contribution in [0, 0.1) is 0 Å². The Hall–Kier alpha value is -2.02. The minimum atomic E-state index is 0.346. The molecule has 2 aromatic heterocycles. The van der Waals surface area contributed by atoms with Crippen molar-refractivity contribution in [2.24, 2.45) is 10.7 Å². The molecule has 1 aromatic carbocycles. The minimum absolute atomic E-state index is 0.346. The molecule has 2 N–H and O–H groups in total. The van der Waals surface area contributed by atoms with Crippen molar-refractivity contribution in [3.63, 3.8) is 0 Å². The van der Waals surface area contributed by atoms with Gasteiger partial charge < -0.3 is 5.73 Å². The summed E-state index contributed by atoms with van der Waals surface area (Å²) in [6.45, 7) is 2.97. The Morgan fingerprint density at radius 1 is 1.29 bits per heavy atom. The molecule has 0 aliphatic carbocycles. The standard InChI is InChI=1S/C17H16ClN5S/c1-2-12-7-13-16(10-4-3-5-11(18)6-10)20-9-15-22-21-14(8-19)23(15)17(13)24-12/h3-7H,2,8-9,19H2,1H3. The first-order valence-electron chi connectivity index (χ1n) is 7.78. The van der Waals surface area contributed by atoms with Crippen molar-refractivity contribution in [3.8, 4) is 5.00 Å². The number of aromatic nitrogens is 3. The third kappa shape index (κ3) is 2.47. The molecule has 0 bridgehead atoms. The lowest BCUT2D eigenvalue weighted by molar-refractivity contribution is 0.837. The maximum Gasteiger partial charge on any atom is 0.160 e. The van der Waals surface area contributed by atoms with Crippen molar-refractivity contribution in [1.29, 1.82) is 0 Å². The van der Waals surface area contributed by atoms with Crippen molar-refractivity contribution < 1.29 is 0 Å². The van der Waals surface area contributed by atoms with Crippen LogP contribution in [0.1, 0.15) is 34.6 Å². The summed E-state index contributed by atoms with van der Waals surface area (Å²) in [6.07, 6.45) is 0.968. The van der Waals surface area contributed by atoms with Gasteiger partial charge in [0, 0.05) is 21.0 Å². The largest absolute Gasteiger partial charge is 0.324 e. The van der Waals surface area contributed by atoms with E-state index in [9.17, 15) is 0 Å². The van der Waals surface area contributed by atoms with Gasteiger partial charge in [-0.1, -0.05) is 30.7 Å². The zero-order chi connectivity index (χ0) is 16.7. The van der Waals surface area contributed by atoms with Crippen molar-refractivity contribution in [2.45, 2.75) is 26.4 Å². The zero-order valence-corrected chi connectivity index (χ0v) is 14.7. The van der Waals surface area contributed by atoms with Crippen molar-refractivity contribution >= 4 is 28.6 Å². The first-order valence-corrected chi connectivity index (χ1v) is 8.97. The number of aryl methyl sites for hydroxylation is 1. The van der Waals surface area contributed by atoms with E-state index in [4.69, 9.17) is 22.3 Å². The molecule has 0 saturated heterocycles. The minimum Gasteiger partial charge on any atom is -0.324 e. The highest BCUT2D eigenvalue weighted by Crippen LogP contribution is 2.33. The Kier molecular flexibility index (Phi) is 3.96. The number of rotatable bonds is 3. The van der Waals surface area contributed by atoms with Crippen LogP contribution in [0.3, 0.4) is 0 Å². The fraction of sp³-hybridized carbons (Fsp3) is 0.235. The smallest absolute Gasteiger partial charge is 0.160 e. The molecule has 0 saturated carbocycles. The highest BCUT2D eigenvalue weighted by molar-refractivity contribution is 7.15. The number of aliphatic imine (C=N–C) groups is 1. The predicted octanol–water partition coefficient (Wildman–Crippen LogP) is 3.35. The van der Waals surface area contributed by atoms with Crippen LogP contribution in [0.5, 0.6) is 0 Å².